The van der Waals surface area contributed by atoms with Crippen LogP contribution in [-0.2, 0) is 4.74 Å². The molecule has 0 spiro atoms. The summed E-state index contributed by atoms with van der Waals surface area (Å²) in [6, 6.07) is -0.0102. The highest BCUT2D eigenvalue weighted by Gasteiger charge is 2.20. The van der Waals surface area contributed by atoms with Crippen molar-refractivity contribution in [2.24, 2.45) is 5.84 Å². The monoisotopic (exact) mass is 244 g/mol. The first-order chi connectivity index (χ1) is 7.70. The number of nitrogens with two attached hydrogens (primary N) is 1. The lowest BCUT2D eigenvalue weighted by Crippen LogP contribution is -2.31. The van der Waals surface area contributed by atoms with Gasteiger partial charge in [0, 0.05) is 6.61 Å². The third kappa shape index (κ3) is 3.48. The van der Waals surface area contributed by atoms with Gasteiger partial charge in [0.15, 0.2) is 0 Å². The Morgan fingerprint density at radius 2 is 2.25 bits per heavy atom. The normalized spacial score (nSPS) is 13.3. The molecule has 0 aliphatic heterocycles. The van der Waals surface area contributed by atoms with E-state index in [0.29, 0.717) is 12.5 Å². The lowest BCUT2D eigenvalue weighted by atomic mass is 10.1. The first-order valence-corrected chi connectivity index (χ1v) is 6.34. The van der Waals surface area contributed by atoms with E-state index >= 15 is 0 Å². The van der Waals surface area contributed by atoms with E-state index in [1.165, 1.54) is 11.5 Å². The summed E-state index contributed by atoms with van der Waals surface area (Å²) in [6.07, 6.45) is 1.01. The van der Waals surface area contributed by atoms with Crippen molar-refractivity contribution in [1.82, 2.24) is 15.0 Å². The topological polar surface area (TPSA) is 73.1 Å². The van der Waals surface area contributed by atoms with Crippen LogP contribution < -0.4 is 11.3 Å². The van der Waals surface area contributed by atoms with Gasteiger partial charge in [0.25, 0.3) is 0 Å². The van der Waals surface area contributed by atoms with Gasteiger partial charge in [-0.3, -0.25) is 5.84 Å². The number of nitrogens with zero attached hydrogens (tertiary/aromatic N) is 2. The highest BCUT2D eigenvalue weighted by molar-refractivity contribution is 7.05. The maximum Gasteiger partial charge on any atom is 0.0830 e. The van der Waals surface area contributed by atoms with Crippen LogP contribution in [0, 0.1) is 0 Å². The second kappa shape index (κ2) is 6.90. The molecule has 1 aromatic rings. The van der Waals surface area contributed by atoms with Crippen LogP contribution in [0.4, 0.5) is 0 Å². The Morgan fingerprint density at radius 1 is 1.50 bits per heavy atom. The smallest absolute Gasteiger partial charge is 0.0830 e. The summed E-state index contributed by atoms with van der Waals surface area (Å²) >= 11 is 1.38. The second-order valence-corrected chi connectivity index (χ2v) is 4.76. The van der Waals surface area contributed by atoms with Gasteiger partial charge in [0.1, 0.15) is 0 Å². The van der Waals surface area contributed by atoms with Crippen molar-refractivity contribution in [1.29, 1.82) is 0 Å². The molecule has 0 saturated heterocycles. The maximum absolute atomic E-state index is 5.54. The molecule has 1 atom stereocenters. The third-order valence-corrected chi connectivity index (χ3v) is 3.09. The summed E-state index contributed by atoms with van der Waals surface area (Å²) < 4.78 is 9.48. The molecule has 16 heavy (non-hydrogen) atoms. The van der Waals surface area contributed by atoms with E-state index in [9.17, 15) is 0 Å². The minimum atomic E-state index is -0.0102. The molecule has 0 fully saturated rings. The Morgan fingerprint density at radius 3 is 2.81 bits per heavy atom. The summed E-state index contributed by atoms with van der Waals surface area (Å²) in [4.78, 5) is 1.08. The van der Waals surface area contributed by atoms with Crippen molar-refractivity contribution in [3.05, 3.63) is 10.6 Å². The van der Waals surface area contributed by atoms with Gasteiger partial charge < -0.3 is 4.74 Å². The van der Waals surface area contributed by atoms with Crippen LogP contribution >= 0.6 is 11.5 Å². The van der Waals surface area contributed by atoms with Crippen LogP contribution in [0.15, 0.2) is 0 Å². The minimum Gasteiger partial charge on any atom is -0.379 e. The quantitative estimate of drug-likeness (QED) is 0.433. The molecule has 3 N–H and O–H groups in total. The molecular formula is C10H20N4OS. The summed E-state index contributed by atoms with van der Waals surface area (Å²) in [5.41, 5.74) is 3.77. The number of ether oxygens (including phenoxy) is 1. The number of hydrazine groups is 1. The van der Waals surface area contributed by atoms with E-state index in [1.807, 2.05) is 0 Å². The van der Waals surface area contributed by atoms with Crippen LogP contribution in [0.3, 0.4) is 0 Å². The standard InChI is InChI=1S/C10H20N4OS/c1-4-5-15-6-8(12-11)10-9(7(2)3)13-14-16-10/h7-8,12H,4-6,11H2,1-3H3. The first kappa shape index (κ1) is 13.5. The Kier molecular flexibility index (Phi) is 5.83. The van der Waals surface area contributed by atoms with E-state index in [-0.39, 0.29) is 6.04 Å². The fraction of sp³-hybridized carbons (Fsp3) is 0.800. The van der Waals surface area contributed by atoms with Gasteiger partial charge in [0.05, 0.1) is 23.2 Å². The number of rotatable bonds is 7. The third-order valence-electron chi connectivity index (χ3n) is 2.24. The molecule has 0 aliphatic carbocycles. The molecule has 1 unspecified atom stereocenters. The van der Waals surface area contributed by atoms with E-state index < -0.39 is 0 Å². The Balaban J connectivity index is 2.66. The molecule has 0 radical (unpaired) electrons. The molecule has 0 aliphatic rings. The number of hydrogen-bond acceptors (Lipinski definition) is 6. The Bertz CT molecular complexity index is 303. The largest absolute Gasteiger partial charge is 0.379 e. The molecular weight excluding hydrogens is 224 g/mol. The first-order valence-electron chi connectivity index (χ1n) is 5.56. The molecule has 1 heterocycles. The highest BCUT2D eigenvalue weighted by Crippen LogP contribution is 2.25. The maximum atomic E-state index is 5.54. The zero-order chi connectivity index (χ0) is 12.0. The SMILES string of the molecule is CCCOCC(NN)c1snnc1C(C)C. The van der Waals surface area contributed by atoms with Gasteiger partial charge in [-0.2, -0.15) is 0 Å². The fourth-order valence-corrected chi connectivity index (χ4v) is 2.24. The van der Waals surface area contributed by atoms with E-state index in [1.54, 1.807) is 0 Å². The van der Waals surface area contributed by atoms with Crippen LogP contribution in [0.1, 0.15) is 49.7 Å². The van der Waals surface area contributed by atoms with Crippen molar-refractivity contribution in [3.8, 4) is 0 Å². The van der Waals surface area contributed by atoms with Gasteiger partial charge >= 0.3 is 0 Å². The summed E-state index contributed by atoms with van der Waals surface area (Å²) in [6.45, 7) is 7.59. The lowest BCUT2D eigenvalue weighted by Gasteiger charge is -2.16. The van der Waals surface area contributed by atoms with Crippen LogP contribution in [0.2, 0.25) is 0 Å². The predicted molar refractivity (Wildman–Crippen MR) is 65.2 cm³/mol. The average Bonchev–Trinajstić information content (AvgIpc) is 2.73. The van der Waals surface area contributed by atoms with Gasteiger partial charge in [-0.1, -0.05) is 25.3 Å². The van der Waals surface area contributed by atoms with Crippen molar-refractivity contribution in [3.63, 3.8) is 0 Å². The summed E-state index contributed by atoms with van der Waals surface area (Å²) in [5, 5.41) is 4.13. The average molecular weight is 244 g/mol. The van der Waals surface area contributed by atoms with Gasteiger partial charge in [-0.05, 0) is 23.9 Å². The second-order valence-electron chi connectivity index (χ2n) is 3.97. The van der Waals surface area contributed by atoms with Crippen molar-refractivity contribution < 1.29 is 4.74 Å². The van der Waals surface area contributed by atoms with Crippen molar-refractivity contribution >= 4 is 11.5 Å². The molecule has 5 nitrogen and oxygen atoms in total. The van der Waals surface area contributed by atoms with E-state index in [0.717, 1.165) is 23.6 Å². The minimum absolute atomic E-state index is 0.0102. The highest BCUT2D eigenvalue weighted by atomic mass is 32.1. The van der Waals surface area contributed by atoms with Crippen LogP contribution in [0.5, 0.6) is 0 Å². The number of aromatic nitrogens is 2. The lowest BCUT2D eigenvalue weighted by molar-refractivity contribution is 0.112. The Labute approximate surface area is 101 Å². The molecule has 0 bridgehead atoms. The van der Waals surface area contributed by atoms with Crippen LogP contribution in [0.25, 0.3) is 0 Å². The zero-order valence-corrected chi connectivity index (χ0v) is 10.9. The van der Waals surface area contributed by atoms with E-state index in [4.69, 9.17) is 10.6 Å². The molecule has 0 saturated carbocycles. The van der Waals surface area contributed by atoms with Crippen molar-refractivity contribution in [2.75, 3.05) is 13.2 Å². The summed E-state index contributed by atoms with van der Waals surface area (Å²) in [5.74, 6) is 5.89. The van der Waals surface area contributed by atoms with Crippen molar-refractivity contribution in [2.45, 2.75) is 39.2 Å². The van der Waals surface area contributed by atoms with E-state index in [2.05, 4.69) is 35.8 Å². The molecule has 0 amide bonds. The van der Waals surface area contributed by atoms with Gasteiger partial charge in [0.2, 0.25) is 0 Å². The molecule has 1 rings (SSSR count). The summed E-state index contributed by atoms with van der Waals surface area (Å²) in [7, 11) is 0. The predicted octanol–water partition coefficient (Wildman–Crippen LogP) is 1.59. The van der Waals surface area contributed by atoms with Gasteiger partial charge in [-0.15, -0.1) is 5.10 Å². The number of nitrogens with one attached hydrogen (secondary N) is 1. The molecule has 6 heteroatoms. The fourth-order valence-electron chi connectivity index (χ4n) is 1.39. The zero-order valence-electron chi connectivity index (χ0n) is 10.1. The molecule has 1 aromatic heterocycles. The molecule has 0 aromatic carbocycles. The Hall–Kier alpha value is -0.560. The number of hydrogen-bond donors (Lipinski definition) is 2. The van der Waals surface area contributed by atoms with Gasteiger partial charge in [-0.25, -0.2) is 5.43 Å². The van der Waals surface area contributed by atoms with Crippen LogP contribution in [-0.4, -0.2) is 22.8 Å². The molecule has 92 valence electrons.